The van der Waals surface area contributed by atoms with Crippen LogP contribution in [0, 0.1) is 13.8 Å². The van der Waals surface area contributed by atoms with Crippen LogP contribution >= 0.6 is 11.6 Å². The summed E-state index contributed by atoms with van der Waals surface area (Å²) in [6, 6.07) is 5.52. The van der Waals surface area contributed by atoms with Gasteiger partial charge < -0.3 is 10.6 Å². The van der Waals surface area contributed by atoms with Crippen LogP contribution in [0.15, 0.2) is 24.5 Å². The number of aromatic nitrogens is 2. The zero-order valence-corrected chi connectivity index (χ0v) is 14.7. The summed E-state index contributed by atoms with van der Waals surface area (Å²) in [5.41, 5.74) is 2.85. The summed E-state index contributed by atoms with van der Waals surface area (Å²) in [5, 5.41) is 6.65. The fourth-order valence-corrected chi connectivity index (χ4v) is 2.52. The van der Waals surface area contributed by atoms with E-state index in [1.807, 2.05) is 46.8 Å². The lowest BCUT2D eigenvalue weighted by molar-refractivity contribution is 0.0914. The number of anilines is 2. The van der Waals surface area contributed by atoms with Crippen molar-refractivity contribution < 1.29 is 4.79 Å². The first-order valence-electron chi connectivity index (χ1n) is 7.34. The number of hydrogen-bond donors (Lipinski definition) is 2. The van der Waals surface area contributed by atoms with Gasteiger partial charge in [0.25, 0.3) is 5.91 Å². The fourth-order valence-electron chi connectivity index (χ4n) is 2.16. The van der Waals surface area contributed by atoms with Gasteiger partial charge >= 0.3 is 0 Å². The Morgan fingerprint density at radius 1 is 1.13 bits per heavy atom. The molecule has 23 heavy (non-hydrogen) atoms. The maximum absolute atomic E-state index is 12.2. The van der Waals surface area contributed by atoms with Gasteiger partial charge in [-0.25, -0.2) is 9.97 Å². The molecule has 5 nitrogen and oxygen atoms in total. The minimum absolute atomic E-state index is 0.241. The number of carbonyl (C=O) groups excluding carboxylic acids is 1. The highest BCUT2D eigenvalue weighted by Gasteiger charge is 2.17. The van der Waals surface area contributed by atoms with Crippen LogP contribution in [0.5, 0.6) is 0 Å². The van der Waals surface area contributed by atoms with E-state index < -0.39 is 0 Å². The molecule has 2 N–H and O–H groups in total. The normalized spacial score (nSPS) is 11.2. The highest BCUT2D eigenvalue weighted by molar-refractivity contribution is 6.33. The number of hydrogen-bond acceptors (Lipinski definition) is 4. The van der Waals surface area contributed by atoms with E-state index in [1.165, 1.54) is 6.33 Å². The molecule has 0 aliphatic carbocycles. The Morgan fingerprint density at radius 2 is 1.83 bits per heavy atom. The monoisotopic (exact) mass is 332 g/mol. The van der Waals surface area contributed by atoms with Gasteiger partial charge in [0.15, 0.2) is 0 Å². The van der Waals surface area contributed by atoms with Gasteiger partial charge in [0, 0.05) is 11.6 Å². The third-order valence-electron chi connectivity index (χ3n) is 3.07. The van der Waals surface area contributed by atoms with Crippen LogP contribution in [0.4, 0.5) is 11.5 Å². The summed E-state index contributed by atoms with van der Waals surface area (Å²) >= 11 is 6.29. The second kappa shape index (κ2) is 6.54. The Kier molecular flexibility index (Phi) is 4.90. The second-order valence-corrected chi connectivity index (χ2v) is 6.96. The molecule has 0 fully saturated rings. The Balaban J connectivity index is 2.26. The van der Waals surface area contributed by atoms with Gasteiger partial charge in [-0.3, -0.25) is 4.79 Å². The van der Waals surface area contributed by atoms with Gasteiger partial charge in [-0.2, -0.15) is 0 Å². The molecule has 1 heterocycles. The number of nitrogens with one attached hydrogen (secondary N) is 2. The topological polar surface area (TPSA) is 66.9 Å². The zero-order chi connectivity index (χ0) is 17.2. The van der Waals surface area contributed by atoms with Crippen molar-refractivity contribution in [3.05, 3.63) is 46.4 Å². The molecule has 0 aliphatic heterocycles. The summed E-state index contributed by atoms with van der Waals surface area (Å²) in [6.45, 7) is 9.71. The van der Waals surface area contributed by atoms with Crippen molar-refractivity contribution in [3.8, 4) is 0 Å². The molecule has 2 aromatic rings. The molecule has 1 aromatic heterocycles. The van der Waals surface area contributed by atoms with Crippen molar-refractivity contribution in [1.29, 1.82) is 0 Å². The molecule has 1 aromatic carbocycles. The Bertz CT molecular complexity index is 715. The van der Waals surface area contributed by atoms with E-state index in [9.17, 15) is 4.79 Å². The largest absolute Gasteiger partial charge is 0.346 e. The highest BCUT2D eigenvalue weighted by Crippen LogP contribution is 2.29. The smallest absolute Gasteiger partial charge is 0.270 e. The molecule has 6 heteroatoms. The SMILES string of the molecule is Cc1cc(C)c(Nc2cc(C(=O)NC(C)(C)C)ncn2)c(Cl)c1. The first-order chi connectivity index (χ1) is 10.7. The molecule has 0 aliphatic rings. The average molecular weight is 333 g/mol. The third-order valence-corrected chi connectivity index (χ3v) is 3.37. The van der Waals surface area contributed by atoms with Crippen LogP contribution in [0.2, 0.25) is 5.02 Å². The molecule has 0 atom stereocenters. The molecule has 0 bridgehead atoms. The standard InChI is InChI=1S/C17H21ClN4O/c1-10-6-11(2)15(12(18)7-10)21-14-8-13(19-9-20-14)16(23)22-17(3,4)5/h6-9H,1-5H3,(H,22,23)(H,19,20,21). The number of halogens is 1. The quantitative estimate of drug-likeness (QED) is 0.890. The van der Waals surface area contributed by atoms with Crippen LogP contribution in [0.1, 0.15) is 42.4 Å². The van der Waals surface area contributed by atoms with E-state index >= 15 is 0 Å². The minimum atomic E-state index is -0.327. The lowest BCUT2D eigenvalue weighted by Gasteiger charge is -2.20. The van der Waals surface area contributed by atoms with Crippen LogP contribution in [-0.4, -0.2) is 21.4 Å². The first kappa shape index (κ1) is 17.2. The molecule has 0 unspecified atom stereocenters. The maximum Gasteiger partial charge on any atom is 0.270 e. The van der Waals surface area contributed by atoms with Crippen LogP contribution in [0.3, 0.4) is 0 Å². The molecule has 0 saturated heterocycles. The predicted molar refractivity (Wildman–Crippen MR) is 93.5 cm³/mol. The van der Waals surface area contributed by atoms with Crippen molar-refractivity contribution in [2.75, 3.05) is 5.32 Å². The summed E-state index contributed by atoms with van der Waals surface area (Å²) in [4.78, 5) is 20.4. The number of rotatable bonds is 3. The Hall–Kier alpha value is -2.14. The van der Waals surface area contributed by atoms with Crippen molar-refractivity contribution in [2.45, 2.75) is 40.2 Å². The number of carbonyl (C=O) groups is 1. The van der Waals surface area contributed by atoms with Gasteiger partial charge in [0.1, 0.15) is 17.8 Å². The van der Waals surface area contributed by atoms with Gasteiger partial charge in [0.2, 0.25) is 0 Å². The van der Waals surface area contributed by atoms with Crippen LogP contribution in [0.25, 0.3) is 0 Å². The fraction of sp³-hybridized carbons (Fsp3) is 0.353. The molecular formula is C17H21ClN4O. The van der Waals surface area contributed by atoms with Crippen LogP contribution < -0.4 is 10.6 Å². The molecule has 0 saturated carbocycles. The van der Waals surface area contributed by atoms with Gasteiger partial charge in [0.05, 0.1) is 10.7 Å². The highest BCUT2D eigenvalue weighted by atomic mass is 35.5. The average Bonchev–Trinajstić information content (AvgIpc) is 2.41. The second-order valence-electron chi connectivity index (χ2n) is 6.56. The summed E-state index contributed by atoms with van der Waals surface area (Å²) in [6.07, 6.45) is 1.36. The van der Waals surface area contributed by atoms with Crippen molar-refractivity contribution >= 4 is 29.0 Å². The van der Waals surface area contributed by atoms with Gasteiger partial charge in [-0.1, -0.05) is 17.7 Å². The third kappa shape index (κ3) is 4.66. The van der Waals surface area contributed by atoms with E-state index in [1.54, 1.807) is 6.07 Å². The lowest BCUT2D eigenvalue weighted by atomic mass is 10.1. The van der Waals surface area contributed by atoms with E-state index in [2.05, 4.69) is 20.6 Å². The molecule has 2 rings (SSSR count). The Morgan fingerprint density at radius 3 is 2.43 bits per heavy atom. The molecule has 0 radical (unpaired) electrons. The van der Waals surface area contributed by atoms with Gasteiger partial charge in [-0.15, -0.1) is 0 Å². The van der Waals surface area contributed by atoms with Crippen molar-refractivity contribution in [2.24, 2.45) is 0 Å². The maximum atomic E-state index is 12.2. The molecular weight excluding hydrogens is 312 g/mol. The zero-order valence-electron chi connectivity index (χ0n) is 14.0. The van der Waals surface area contributed by atoms with E-state index in [0.29, 0.717) is 16.5 Å². The van der Waals surface area contributed by atoms with E-state index in [-0.39, 0.29) is 11.4 Å². The van der Waals surface area contributed by atoms with E-state index in [4.69, 9.17) is 11.6 Å². The summed E-state index contributed by atoms with van der Waals surface area (Å²) < 4.78 is 0. The van der Waals surface area contributed by atoms with Crippen molar-refractivity contribution in [1.82, 2.24) is 15.3 Å². The van der Waals surface area contributed by atoms with Crippen LogP contribution in [-0.2, 0) is 0 Å². The predicted octanol–water partition coefficient (Wildman–Crippen LogP) is 4.02. The lowest BCUT2D eigenvalue weighted by Crippen LogP contribution is -2.40. The first-order valence-corrected chi connectivity index (χ1v) is 7.72. The minimum Gasteiger partial charge on any atom is -0.346 e. The summed E-state index contributed by atoms with van der Waals surface area (Å²) in [5.74, 6) is 0.280. The van der Waals surface area contributed by atoms with Gasteiger partial charge in [-0.05, 0) is 51.8 Å². The molecule has 0 spiro atoms. The van der Waals surface area contributed by atoms with Crippen molar-refractivity contribution in [3.63, 3.8) is 0 Å². The molecule has 1 amide bonds. The van der Waals surface area contributed by atoms with E-state index in [0.717, 1.165) is 16.8 Å². The number of benzene rings is 1. The number of nitrogens with zero attached hydrogens (tertiary/aromatic N) is 2. The Labute approximate surface area is 141 Å². The molecule has 122 valence electrons. The number of aryl methyl sites for hydroxylation is 2. The summed E-state index contributed by atoms with van der Waals surface area (Å²) in [7, 11) is 0. The number of amides is 1.